The second-order valence-corrected chi connectivity index (χ2v) is 20.8. The van der Waals surface area contributed by atoms with Crippen LogP contribution in [0, 0.1) is 0 Å². The maximum absolute atomic E-state index is 12.9. The van der Waals surface area contributed by atoms with Crippen molar-refractivity contribution in [2.45, 2.75) is 238 Å². The summed E-state index contributed by atoms with van der Waals surface area (Å²) in [6.07, 6.45) is 74.0. The van der Waals surface area contributed by atoms with Crippen LogP contribution in [0.2, 0.25) is 0 Å². The summed E-state index contributed by atoms with van der Waals surface area (Å²) in [4.78, 5) is 48.7. The van der Waals surface area contributed by atoms with Crippen LogP contribution < -0.4 is 0 Å². The summed E-state index contributed by atoms with van der Waals surface area (Å²) >= 11 is 0. The number of esters is 3. The Morgan fingerprint density at radius 3 is 0.974 bits per heavy atom. The summed E-state index contributed by atoms with van der Waals surface area (Å²) in [5.41, 5.74) is 0. The number of aliphatic hydroxyl groups is 1. The molecule has 0 saturated heterocycles. The monoisotopic (exact) mass is 1110 g/mol. The van der Waals surface area contributed by atoms with Gasteiger partial charge in [-0.15, -0.1) is 0 Å². The highest BCUT2D eigenvalue weighted by molar-refractivity contribution is 7.47. The predicted molar refractivity (Wildman–Crippen MR) is 325 cm³/mol. The third kappa shape index (κ3) is 56.3. The number of allylic oxidation sites excluding steroid dienone is 22. The zero-order chi connectivity index (χ0) is 56.9. The van der Waals surface area contributed by atoms with Gasteiger partial charge in [0.25, 0.3) is 0 Å². The van der Waals surface area contributed by atoms with Gasteiger partial charge >= 0.3 is 25.7 Å². The number of carbonyl (C=O) groups excluding carboxylic acids is 3. The number of carbonyl (C=O) groups is 3. The molecule has 0 heterocycles. The van der Waals surface area contributed by atoms with Gasteiger partial charge in [-0.25, -0.2) is 4.57 Å². The molecule has 0 bridgehead atoms. The molecule has 0 amide bonds. The topological polar surface area (TPSA) is 155 Å². The Labute approximate surface area is 474 Å². The van der Waals surface area contributed by atoms with Crippen molar-refractivity contribution in [2.24, 2.45) is 0 Å². The van der Waals surface area contributed by atoms with E-state index < -0.39 is 57.8 Å². The first-order valence-electron chi connectivity index (χ1n) is 30.1. The molecule has 0 aliphatic heterocycles. The maximum atomic E-state index is 12.9. The van der Waals surface area contributed by atoms with Gasteiger partial charge in [0.1, 0.15) is 12.7 Å². The zero-order valence-corrected chi connectivity index (χ0v) is 49.7. The van der Waals surface area contributed by atoms with Crippen LogP contribution in [0.3, 0.4) is 0 Å². The molecule has 2 N–H and O–H groups in total. The lowest BCUT2D eigenvalue weighted by Crippen LogP contribution is -2.30. The summed E-state index contributed by atoms with van der Waals surface area (Å²) in [5.74, 6) is -1.54. The van der Waals surface area contributed by atoms with E-state index in [-0.39, 0.29) is 25.9 Å². The molecular formula is C66H107O11P. The molecule has 12 heteroatoms. The number of phosphoric ester groups is 1. The van der Waals surface area contributed by atoms with Crippen molar-refractivity contribution in [3.8, 4) is 0 Å². The second-order valence-electron chi connectivity index (χ2n) is 19.4. The van der Waals surface area contributed by atoms with Crippen LogP contribution >= 0.6 is 7.82 Å². The molecule has 0 saturated carbocycles. The standard InChI is InChI=1S/C66H107O11P/c1-4-7-10-13-16-19-22-25-28-30-31-33-36-39-42-45-48-51-54-57-66(70)77-63(59-73-64(68)55-52-49-46-43-40-37-35-32-29-26-23-20-17-14-11-8-5-2)61-75-78(71,72)74-60-62(58-67)76-65(69)56-53-50-47-44-41-38-34-27-24-21-18-15-12-9-6-3/h7-12,16-21,25-29,31,33-34,39,42,62-63,67H,4-6,13-15,22-24,30,32,35-38,40-41,43-61H2,1-3H3,(H,71,72)/b10-7-,11-8-,12-9-,19-16-,20-17-,21-18-,28-25-,29-26-,33-31-,34-27-,42-39-. The van der Waals surface area contributed by atoms with Crippen LogP contribution in [0.5, 0.6) is 0 Å². The molecule has 0 aliphatic rings. The van der Waals surface area contributed by atoms with Gasteiger partial charge in [0, 0.05) is 19.3 Å². The predicted octanol–water partition coefficient (Wildman–Crippen LogP) is 18.1. The van der Waals surface area contributed by atoms with Crippen LogP contribution in [-0.4, -0.2) is 66.5 Å². The minimum absolute atomic E-state index is 0.117. The first kappa shape index (κ1) is 73.6. The zero-order valence-electron chi connectivity index (χ0n) is 48.8. The number of ether oxygens (including phenoxy) is 3. The highest BCUT2D eigenvalue weighted by Crippen LogP contribution is 2.43. The van der Waals surface area contributed by atoms with Gasteiger partial charge < -0.3 is 24.2 Å². The molecule has 0 spiro atoms. The normalized spacial score (nSPS) is 14.3. The molecule has 78 heavy (non-hydrogen) atoms. The number of aliphatic hydroxyl groups excluding tert-OH is 1. The summed E-state index contributed by atoms with van der Waals surface area (Å²) < 4.78 is 39.6. The van der Waals surface area contributed by atoms with E-state index in [1.54, 1.807) is 0 Å². The fourth-order valence-electron chi connectivity index (χ4n) is 7.59. The average molecular weight is 1110 g/mol. The Balaban J connectivity index is 4.83. The minimum atomic E-state index is -4.78. The van der Waals surface area contributed by atoms with Crippen LogP contribution in [-0.2, 0) is 42.2 Å². The first-order chi connectivity index (χ1) is 38.2. The quantitative estimate of drug-likeness (QED) is 0.0197. The van der Waals surface area contributed by atoms with Crippen molar-refractivity contribution in [2.75, 3.05) is 26.4 Å². The Morgan fingerprint density at radius 1 is 0.359 bits per heavy atom. The van der Waals surface area contributed by atoms with E-state index in [1.165, 1.54) is 12.8 Å². The van der Waals surface area contributed by atoms with E-state index in [1.807, 2.05) is 0 Å². The molecule has 0 aromatic rings. The molecule has 11 nitrogen and oxygen atoms in total. The largest absolute Gasteiger partial charge is 0.472 e. The molecule has 0 radical (unpaired) electrons. The summed E-state index contributed by atoms with van der Waals surface area (Å²) in [6, 6.07) is 0. The summed E-state index contributed by atoms with van der Waals surface area (Å²) in [7, 11) is -4.78. The van der Waals surface area contributed by atoms with Crippen molar-refractivity contribution in [1.82, 2.24) is 0 Å². The van der Waals surface area contributed by atoms with Crippen molar-refractivity contribution in [1.29, 1.82) is 0 Å². The summed E-state index contributed by atoms with van der Waals surface area (Å²) in [5, 5.41) is 9.83. The van der Waals surface area contributed by atoms with Crippen LogP contribution in [0.15, 0.2) is 134 Å². The molecule has 3 unspecified atom stereocenters. The van der Waals surface area contributed by atoms with Gasteiger partial charge in [-0.05, 0) is 128 Å². The number of unbranched alkanes of at least 4 members (excludes halogenated alkanes) is 15. The van der Waals surface area contributed by atoms with E-state index in [4.69, 9.17) is 23.3 Å². The molecule has 0 aromatic carbocycles. The molecular weight excluding hydrogens is 1000 g/mol. The van der Waals surface area contributed by atoms with E-state index in [0.29, 0.717) is 19.3 Å². The van der Waals surface area contributed by atoms with Gasteiger partial charge in [0.15, 0.2) is 6.10 Å². The lowest BCUT2D eigenvalue weighted by atomic mass is 10.1. The van der Waals surface area contributed by atoms with Crippen LogP contribution in [0.25, 0.3) is 0 Å². The number of hydrogen-bond donors (Lipinski definition) is 2. The average Bonchev–Trinajstić information content (AvgIpc) is 3.43. The highest BCUT2D eigenvalue weighted by atomic mass is 31.2. The number of phosphoric acid groups is 1. The molecule has 0 rings (SSSR count). The lowest BCUT2D eigenvalue weighted by molar-refractivity contribution is -0.161. The van der Waals surface area contributed by atoms with E-state index in [0.717, 1.165) is 154 Å². The second kappa shape index (κ2) is 58.8. The number of rotatable bonds is 54. The van der Waals surface area contributed by atoms with E-state index in [2.05, 4.69) is 154 Å². The minimum Gasteiger partial charge on any atom is -0.462 e. The Hall–Kier alpha value is -4.38. The molecule has 0 aliphatic carbocycles. The van der Waals surface area contributed by atoms with Crippen LogP contribution in [0.1, 0.15) is 226 Å². The smallest absolute Gasteiger partial charge is 0.462 e. The van der Waals surface area contributed by atoms with Gasteiger partial charge in [-0.3, -0.25) is 23.4 Å². The fraction of sp³-hybridized carbons (Fsp3) is 0.621. The Bertz CT molecular complexity index is 1820. The Morgan fingerprint density at radius 2 is 0.628 bits per heavy atom. The number of hydrogen-bond acceptors (Lipinski definition) is 10. The lowest BCUT2D eigenvalue weighted by Gasteiger charge is -2.21. The van der Waals surface area contributed by atoms with Crippen molar-refractivity contribution in [3.05, 3.63) is 134 Å². The maximum Gasteiger partial charge on any atom is 0.472 e. The molecule has 442 valence electrons. The fourth-order valence-corrected chi connectivity index (χ4v) is 8.37. The van der Waals surface area contributed by atoms with E-state index in [9.17, 15) is 28.9 Å². The van der Waals surface area contributed by atoms with Crippen molar-refractivity contribution in [3.63, 3.8) is 0 Å². The van der Waals surface area contributed by atoms with Crippen LogP contribution in [0.4, 0.5) is 0 Å². The highest BCUT2D eigenvalue weighted by Gasteiger charge is 2.28. The third-order valence-corrected chi connectivity index (χ3v) is 13.0. The van der Waals surface area contributed by atoms with Gasteiger partial charge in [-0.2, -0.15) is 0 Å². The van der Waals surface area contributed by atoms with Crippen molar-refractivity contribution >= 4 is 25.7 Å². The molecule has 3 atom stereocenters. The van der Waals surface area contributed by atoms with Gasteiger partial charge in [0.2, 0.25) is 0 Å². The van der Waals surface area contributed by atoms with Gasteiger partial charge in [-0.1, -0.05) is 212 Å². The Kier molecular flexibility index (Phi) is 55.5. The van der Waals surface area contributed by atoms with Gasteiger partial charge in [0.05, 0.1) is 19.8 Å². The van der Waals surface area contributed by atoms with Crippen molar-refractivity contribution < 1.29 is 52.2 Å². The van der Waals surface area contributed by atoms with E-state index >= 15 is 0 Å². The molecule has 0 aromatic heterocycles. The molecule has 0 fully saturated rings. The summed E-state index contributed by atoms with van der Waals surface area (Å²) in [6.45, 7) is 4.23. The SMILES string of the molecule is CC/C=C\C/C=C\C/C=C\C/C=C\C/C=C\CCCCCC(=O)OC(COC(=O)CCCCCCCCC/C=C\C/C=C\C/C=C\CC)COP(=O)(O)OCC(CO)OC(=O)CCCCCCC/C=C\C/C=C\C/C=C\CC. The third-order valence-electron chi connectivity index (χ3n) is 12.1. The first-order valence-corrected chi connectivity index (χ1v) is 31.6.